The maximum atomic E-state index is 12.7. The van der Waals surface area contributed by atoms with Crippen LogP contribution in [-0.4, -0.2) is 35.3 Å². The standard InChI is InChI=1S/C22H21N3O4/c23-10-3-11-28-15-8-6-14(7-9-15)20(26)19-13-29-21(22(27)25-19)17-12-24-18-5-2-1-4-16(17)18/h1-2,4-9,12,19-21,24,26H,3,11,13H2,(H,25,27)/t19-,20-,21-/m1/s1. The van der Waals surface area contributed by atoms with Gasteiger partial charge in [-0.15, -0.1) is 0 Å². The van der Waals surface area contributed by atoms with Gasteiger partial charge in [0.25, 0.3) is 5.91 Å². The van der Waals surface area contributed by atoms with E-state index in [1.54, 1.807) is 30.5 Å². The van der Waals surface area contributed by atoms with Crippen LogP contribution < -0.4 is 10.1 Å². The molecule has 0 unspecified atom stereocenters. The third-order valence-electron chi connectivity index (χ3n) is 5.00. The number of carbonyl (C=O) groups excluding carboxylic acids is 1. The second-order valence-corrected chi connectivity index (χ2v) is 6.89. The number of benzene rings is 2. The normalized spacial score (nSPS) is 20.1. The highest BCUT2D eigenvalue weighted by Gasteiger charge is 2.35. The molecule has 7 nitrogen and oxygen atoms in total. The Kier molecular flexibility index (Phi) is 5.47. The van der Waals surface area contributed by atoms with E-state index in [0.717, 1.165) is 16.5 Å². The van der Waals surface area contributed by atoms with Crippen molar-refractivity contribution in [2.45, 2.75) is 24.7 Å². The zero-order valence-corrected chi connectivity index (χ0v) is 15.7. The number of hydrogen-bond donors (Lipinski definition) is 3. The number of morpholine rings is 1. The summed E-state index contributed by atoms with van der Waals surface area (Å²) in [6.07, 6.45) is 0.478. The van der Waals surface area contributed by atoms with Gasteiger partial charge in [0.05, 0.1) is 25.1 Å². The van der Waals surface area contributed by atoms with Crippen LogP contribution in [0.4, 0.5) is 0 Å². The quantitative estimate of drug-likeness (QED) is 0.560. The minimum absolute atomic E-state index is 0.192. The van der Waals surface area contributed by atoms with Crippen molar-refractivity contribution in [3.8, 4) is 11.8 Å². The molecular weight excluding hydrogens is 370 g/mol. The summed E-state index contributed by atoms with van der Waals surface area (Å²) in [7, 11) is 0. The molecule has 3 N–H and O–H groups in total. The molecule has 3 aromatic rings. The van der Waals surface area contributed by atoms with Crippen molar-refractivity contribution in [2.24, 2.45) is 0 Å². The Bertz CT molecular complexity index is 1040. The molecule has 3 atom stereocenters. The molecule has 1 fully saturated rings. The Balaban J connectivity index is 1.41. The number of rotatable bonds is 6. The van der Waals surface area contributed by atoms with E-state index < -0.39 is 18.2 Å². The third kappa shape index (κ3) is 3.94. The minimum Gasteiger partial charge on any atom is -0.493 e. The van der Waals surface area contributed by atoms with Crippen LogP contribution in [0.3, 0.4) is 0 Å². The van der Waals surface area contributed by atoms with Crippen LogP contribution in [0.15, 0.2) is 54.7 Å². The molecule has 29 heavy (non-hydrogen) atoms. The van der Waals surface area contributed by atoms with Gasteiger partial charge in [-0.1, -0.05) is 30.3 Å². The number of hydrogen-bond acceptors (Lipinski definition) is 5. The Hall–Kier alpha value is -3.34. The third-order valence-corrected chi connectivity index (χ3v) is 5.00. The number of nitrogens with one attached hydrogen (secondary N) is 2. The summed E-state index contributed by atoms with van der Waals surface area (Å²) < 4.78 is 11.3. The lowest BCUT2D eigenvalue weighted by molar-refractivity contribution is -0.144. The van der Waals surface area contributed by atoms with Crippen molar-refractivity contribution < 1.29 is 19.4 Å². The van der Waals surface area contributed by atoms with E-state index in [0.29, 0.717) is 24.3 Å². The lowest BCUT2D eigenvalue weighted by atomic mass is 9.99. The molecule has 4 rings (SSSR count). The molecule has 1 aliphatic rings. The molecule has 148 valence electrons. The Morgan fingerprint density at radius 1 is 1.24 bits per heavy atom. The zero-order chi connectivity index (χ0) is 20.2. The predicted molar refractivity (Wildman–Crippen MR) is 106 cm³/mol. The van der Waals surface area contributed by atoms with Crippen molar-refractivity contribution >= 4 is 16.8 Å². The van der Waals surface area contributed by atoms with Crippen LogP contribution in [-0.2, 0) is 9.53 Å². The highest BCUT2D eigenvalue weighted by Crippen LogP contribution is 2.31. The molecule has 0 radical (unpaired) electrons. The minimum atomic E-state index is -0.906. The van der Waals surface area contributed by atoms with Crippen LogP contribution in [0.2, 0.25) is 0 Å². The average molecular weight is 391 g/mol. The van der Waals surface area contributed by atoms with E-state index in [4.69, 9.17) is 14.7 Å². The molecule has 1 amide bonds. The molecule has 0 bridgehead atoms. The second-order valence-electron chi connectivity index (χ2n) is 6.89. The number of ether oxygens (including phenoxy) is 2. The Labute approximate surface area is 167 Å². The van der Waals surface area contributed by atoms with Gasteiger partial charge in [-0.2, -0.15) is 5.26 Å². The number of para-hydroxylation sites is 1. The molecule has 0 aliphatic carbocycles. The number of fused-ring (bicyclic) bond motifs is 1. The maximum absolute atomic E-state index is 12.7. The molecule has 2 aromatic carbocycles. The van der Waals surface area contributed by atoms with E-state index in [9.17, 15) is 9.90 Å². The highest BCUT2D eigenvalue weighted by molar-refractivity contribution is 5.91. The number of H-pyrrole nitrogens is 1. The van der Waals surface area contributed by atoms with Crippen molar-refractivity contribution in [2.75, 3.05) is 13.2 Å². The molecule has 7 heteroatoms. The molecule has 0 saturated carbocycles. The Morgan fingerprint density at radius 2 is 2.03 bits per heavy atom. The number of aliphatic hydroxyl groups excluding tert-OH is 1. The van der Waals surface area contributed by atoms with Crippen molar-refractivity contribution in [1.29, 1.82) is 5.26 Å². The van der Waals surface area contributed by atoms with Crippen LogP contribution in [0, 0.1) is 11.3 Å². The molecule has 2 heterocycles. The number of aliphatic hydroxyl groups is 1. The lowest BCUT2D eigenvalue weighted by Crippen LogP contribution is -2.50. The zero-order valence-electron chi connectivity index (χ0n) is 15.7. The summed E-state index contributed by atoms with van der Waals surface area (Å²) in [5.74, 6) is 0.348. The topological polar surface area (TPSA) is 107 Å². The van der Waals surface area contributed by atoms with Crippen LogP contribution in [0.5, 0.6) is 5.75 Å². The predicted octanol–water partition coefficient (Wildman–Crippen LogP) is 2.75. The van der Waals surface area contributed by atoms with Gasteiger partial charge in [-0.3, -0.25) is 4.79 Å². The fourth-order valence-electron chi connectivity index (χ4n) is 3.50. The van der Waals surface area contributed by atoms with E-state index in [1.807, 2.05) is 30.3 Å². The molecule has 1 aromatic heterocycles. The molecular formula is C22H21N3O4. The summed E-state index contributed by atoms with van der Waals surface area (Å²) >= 11 is 0. The summed E-state index contributed by atoms with van der Waals surface area (Å²) in [5.41, 5.74) is 2.38. The van der Waals surface area contributed by atoms with E-state index >= 15 is 0 Å². The van der Waals surface area contributed by atoms with Gasteiger partial charge in [0.1, 0.15) is 18.5 Å². The number of carbonyl (C=O) groups is 1. The average Bonchev–Trinajstić information content (AvgIpc) is 3.18. The van der Waals surface area contributed by atoms with Crippen LogP contribution in [0.1, 0.15) is 29.8 Å². The van der Waals surface area contributed by atoms with Gasteiger partial charge in [0.2, 0.25) is 0 Å². The SMILES string of the molecule is N#CCCOc1ccc([C@@H](O)[C@H]2CO[C@H](c3c[nH]c4ccccc34)C(=O)N2)cc1. The fraction of sp³-hybridized carbons (Fsp3) is 0.273. The first kappa shape index (κ1) is 19.0. The smallest absolute Gasteiger partial charge is 0.254 e. The number of aromatic nitrogens is 1. The second kappa shape index (κ2) is 8.35. The number of aromatic amines is 1. The van der Waals surface area contributed by atoms with Gasteiger partial charge >= 0.3 is 0 Å². The largest absolute Gasteiger partial charge is 0.493 e. The van der Waals surface area contributed by atoms with Crippen molar-refractivity contribution in [3.63, 3.8) is 0 Å². The number of amides is 1. The van der Waals surface area contributed by atoms with Crippen LogP contribution in [0.25, 0.3) is 10.9 Å². The van der Waals surface area contributed by atoms with E-state index in [1.165, 1.54) is 0 Å². The summed E-state index contributed by atoms with van der Waals surface area (Å²) in [4.78, 5) is 15.8. The molecule has 0 spiro atoms. The monoisotopic (exact) mass is 391 g/mol. The maximum Gasteiger partial charge on any atom is 0.254 e. The van der Waals surface area contributed by atoms with Crippen molar-refractivity contribution in [3.05, 3.63) is 65.9 Å². The first-order valence-electron chi connectivity index (χ1n) is 9.43. The summed E-state index contributed by atoms with van der Waals surface area (Å²) in [6.45, 7) is 0.512. The van der Waals surface area contributed by atoms with Gasteiger partial charge in [-0.25, -0.2) is 0 Å². The fourth-order valence-corrected chi connectivity index (χ4v) is 3.50. The van der Waals surface area contributed by atoms with Gasteiger partial charge < -0.3 is 24.9 Å². The first-order chi connectivity index (χ1) is 14.2. The summed E-state index contributed by atoms with van der Waals surface area (Å²) in [5, 5.41) is 23.0. The van der Waals surface area contributed by atoms with E-state index in [2.05, 4.69) is 10.3 Å². The van der Waals surface area contributed by atoms with Gasteiger partial charge in [0, 0.05) is 22.7 Å². The molecule has 1 saturated heterocycles. The lowest BCUT2D eigenvalue weighted by Gasteiger charge is -2.32. The first-order valence-corrected chi connectivity index (χ1v) is 9.43. The Morgan fingerprint density at radius 3 is 2.79 bits per heavy atom. The van der Waals surface area contributed by atoms with Crippen molar-refractivity contribution in [1.82, 2.24) is 10.3 Å². The summed E-state index contributed by atoms with van der Waals surface area (Å²) in [6, 6.07) is 16.1. The highest BCUT2D eigenvalue weighted by atomic mass is 16.5. The number of nitriles is 1. The van der Waals surface area contributed by atoms with Gasteiger partial charge in [-0.05, 0) is 23.8 Å². The number of nitrogens with zero attached hydrogens (tertiary/aromatic N) is 1. The van der Waals surface area contributed by atoms with E-state index in [-0.39, 0.29) is 12.5 Å². The van der Waals surface area contributed by atoms with Gasteiger partial charge in [0.15, 0.2) is 6.10 Å². The molecule has 1 aliphatic heterocycles. The van der Waals surface area contributed by atoms with Crippen LogP contribution >= 0.6 is 0 Å².